The zero-order chi connectivity index (χ0) is 19.1. The maximum Gasteiger partial charge on any atom is 0.254 e. The van der Waals surface area contributed by atoms with Crippen LogP contribution in [0.25, 0.3) is 0 Å². The van der Waals surface area contributed by atoms with Crippen molar-refractivity contribution in [1.29, 1.82) is 0 Å². The lowest BCUT2D eigenvalue weighted by atomic mass is 10.1. The third-order valence-corrected chi connectivity index (χ3v) is 3.85. The number of ether oxygens (including phenoxy) is 2. The highest BCUT2D eigenvalue weighted by Crippen LogP contribution is 2.25. The minimum absolute atomic E-state index is 0.0974. The van der Waals surface area contributed by atoms with Crippen LogP contribution >= 0.6 is 0 Å². The van der Waals surface area contributed by atoms with Crippen LogP contribution in [-0.4, -0.2) is 44.5 Å². The van der Waals surface area contributed by atoms with Gasteiger partial charge in [0.15, 0.2) is 0 Å². The molecule has 6 nitrogen and oxygen atoms in total. The first-order chi connectivity index (χ1) is 12.5. The van der Waals surface area contributed by atoms with Crippen LogP contribution in [0.1, 0.15) is 15.9 Å². The third kappa shape index (κ3) is 4.72. The van der Waals surface area contributed by atoms with Gasteiger partial charge < -0.3 is 19.7 Å². The number of amides is 2. The molecule has 0 saturated carbocycles. The van der Waals surface area contributed by atoms with E-state index in [0.29, 0.717) is 18.0 Å². The summed E-state index contributed by atoms with van der Waals surface area (Å²) in [5, 5.41) is 2.43. The molecule has 0 spiro atoms. The number of hydrogen-bond donors (Lipinski definition) is 1. The van der Waals surface area contributed by atoms with Crippen molar-refractivity contribution in [1.82, 2.24) is 10.2 Å². The van der Waals surface area contributed by atoms with E-state index >= 15 is 0 Å². The van der Waals surface area contributed by atoms with E-state index in [-0.39, 0.29) is 18.0 Å². The Balaban J connectivity index is 1.96. The monoisotopic (exact) mass is 360 g/mol. The van der Waals surface area contributed by atoms with Gasteiger partial charge in [-0.3, -0.25) is 9.59 Å². The van der Waals surface area contributed by atoms with Crippen molar-refractivity contribution in [3.63, 3.8) is 0 Å². The number of rotatable bonds is 7. The quantitative estimate of drug-likeness (QED) is 0.822. The SMILES string of the molecule is COc1ccc(CN(C)C(=O)CNC(=O)c2ccccc2F)c(OC)c1. The Labute approximate surface area is 151 Å². The van der Waals surface area contributed by atoms with Crippen molar-refractivity contribution in [2.24, 2.45) is 0 Å². The van der Waals surface area contributed by atoms with Crippen molar-refractivity contribution < 1.29 is 23.5 Å². The molecule has 0 radical (unpaired) electrons. The van der Waals surface area contributed by atoms with Crippen molar-refractivity contribution in [2.75, 3.05) is 27.8 Å². The van der Waals surface area contributed by atoms with Crippen LogP contribution in [0.4, 0.5) is 4.39 Å². The van der Waals surface area contributed by atoms with Crippen LogP contribution in [0, 0.1) is 5.82 Å². The summed E-state index contributed by atoms with van der Waals surface area (Å²) in [5.74, 6) is -0.329. The normalized spacial score (nSPS) is 10.2. The average Bonchev–Trinajstić information content (AvgIpc) is 2.66. The van der Waals surface area contributed by atoms with Gasteiger partial charge in [-0.05, 0) is 24.3 Å². The Hall–Kier alpha value is -3.09. The fourth-order valence-electron chi connectivity index (χ4n) is 2.36. The van der Waals surface area contributed by atoms with Gasteiger partial charge in [-0.15, -0.1) is 0 Å². The number of likely N-dealkylation sites (N-methyl/N-ethyl adjacent to an activating group) is 1. The molecule has 2 aromatic rings. The fraction of sp³-hybridized carbons (Fsp3) is 0.263. The molecule has 0 aliphatic heterocycles. The molecule has 0 atom stereocenters. The van der Waals surface area contributed by atoms with Crippen molar-refractivity contribution in [3.05, 3.63) is 59.4 Å². The molecular weight excluding hydrogens is 339 g/mol. The van der Waals surface area contributed by atoms with Gasteiger partial charge in [0, 0.05) is 25.2 Å². The topological polar surface area (TPSA) is 67.9 Å². The van der Waals surface area contributed by atoms with Crippen LogP contribution < -0.4 is 14.8 Å². The number of hydrogen-bond acceptors (Lipinski definition) is 4. The van der Waals surface area contributed by atoms with Gasteiger partial charge in [0.1, 0.15) is 17.3 Å². The van der Waals surface area contributed by atoms with Gasteiger partial charge in [-0.1, -0.05) is 12.1 Å². The Kier molecular flexibility index (Phi) is 6.54. The minimum atomic E-state index is -0.633. The molecule has 2 aromatic carbocycles. The van der Waals surface area contributed by atoms with Gasteiger partial charge >= 0.3 is 0 Å². The lowest BCUT2D eigenvalue weighted by Crippen LogP contribution is -2.38. The van der Waals surface area contributed by atoms with Crippen LogP contribution in [-0.2, 0) is 11.3 Å². The average molecular weight is 360 g/mol. The first kappa shape index (κ1) is 19.2. The summed E-state index contributed by atoms with van der Waals surface area (Å²) in [7, 11) is 4.71. The molecule has 0 fully saturated rings. The van der Waals surface area contributed by atoms with Crippen molar-refractivity contribution in [3.8, 4) is 11.5 Å². The second-order valence-electron chi connectivity index (χ2n) is 5.59. The number of benzene rings is 2. The number of nitrogens with one attached hydrogen (secondary N) is 1. The maximum absolute atomic E-state index is 13.6. The molecule has 0 bridgehead atoms. The van der Waals surface area contributed by atoms with E-state index in [1.807, 2.05) is 0 Å². The van der Waals surface area contributed by atoms with Crippen molar-refractivity contribution in [2.45, 2.75) is 6.54 Å². The minimum Gasteiger partial charge on any atom is -0.497 e. The smallest absolute Gasteiger partial charge is 0.254 e. The van der Waals surface area contributed by atoms with Gasteiger partial charge in [0.25, 0.3) is 5.91 Å². The largest absolute Gasteiger partial charge is 0.497 e. The van der Waals surface area contributed by atoms with Crippen molar-refractivity contribution >= 4 is 11.8 Å². The van der Waals surface area contributed by atoms with E-state index in [0.717, 1.165) is 5.56 Å². The predicted octanol–water partition coefficient (Wildman–Crippen LogP) is 2.23. The predicted molar refractivity (Wildman–Crippen MR) is 94.8 cm³/mol. The molecule has 0 aromatic heterocycles. The Morgan fingerprint density at radius 2 is 1.85 bits per heavy atom. The fourth-order valence-corrected chi connectivity index (χ4v) is 2.36. The molecule has 2 rings (SSSR count). The molecule has 0 saturated heterocycles. The summed E-state index contributed by atoms with van der Waals surface area (Å²) in [6, 6.07) is 10.9. The van der Waals surface area contributed by atoms with Crippen LogP contribution in [0.5, 0.6) is 11.5 Å². The zero-order valence-corrected chi connectivity index (χ0v) is 14.9. The number of nitrogens with zero attached hydrogens (tertiary/aromatic N) is 1. The molecule has 7 heteroatoms. The Bertz CT molecular complexity index is 795. The summed E-state index contributed by atoms with van der Waals surface area (Å²) >= 11 is 0. The standard InChI is InChI=1S/C19H21FN2O4/c1-22(12-13-8-9-14(25-2)10-17(13)26-3)18(23)11-21-19(24)15-6-4-5-7-16(15)20/h4-10H,11-12H2,1-3H3,(H,21,24). The molecule has 138 valence electrons. The highest BCUT2D eigenvalue weighted by Gasteiger charge is 2.16. The van der Waals surface area contributed by atoms with E-state index in [4.69, 9.17) is 9.47 Å². The zero-order valence-electron chi connectivity index (χ0n) is 14.9. The van der Waals surface area contributed by atoms with Gasteiger partial charge in [-0.25, -0.2) is 4.39 Å². The van der Waals surface area contributed by atoms with Crippen LogP contribution in [0.3, 0.4) is 0 Å². The summed E-state index contributed by atoms with van der Waals surface area (Å²) in [4.78, 5) is 25.7. The summed E-state index contributed by atoms with van der Waals surface area (Å²) in [6.45, 7) is 0.0592. The summed E-state index contributed by atoms with van der Waals surface area (Å²) < 4.78 is 24.0. The molecule has 0 aliphatic carbocycles. The van der Waals surface area contributed by atoms with Gasteiger partial charge in [0.2, 0.25) is 5.91 Å². The number of methoxy groups -OCH3 is 2. The van der Waals surface area contributed by atoms with Crippen LogP contribution in [0.15, 0.2) is 42.5 Å². The van der Waals surface area contributed by atoms with Crippen LogP contribution in [0.2, 0.25) is 0 Å². The molecule has 1 N–H and O–H groups in total. The highest BCUT2D eigenvalue weighted by atomic mass is 19.1. The molecule has 0 heterocycles. The second kappa shape index (κ2) is 8.84. The second-order valence-corrected chi connectivity index (χ2v) is 5.59. The van der Waals surface area contributed by atoms with E-state index in [9.17, 15) is 14.0 Å². The highest BCUT2D eigenvalue weighted by molar-refractivity contribution is 5.96. The Morgan fingerprint density at radius 3 is 2.50 bits per heavy atom. The third-order valence-electron chi connectivity index (χ3n) is 3.85. The Morgan fingerprint density at radius 1 is 1.12 bits per heavy atom. The number of halogens is 1. The first-order valence-corrected chi connectivity index (χ1v) is 7.94. The van der Waals surface area contributed by atoms with Gasteiger partial charge in [-0.2, -0.15) is 0 Å². The van der Waals surface area contributed by atoms with E-state index in [2.05, 4.69) is 5.32 Å². The van der Waals surface area contributed by atoms with E-state index in [1.54, 1.807) is 38.4 Å². The molecule has 2 amide bonds. The lowest BCUT2D eigenvalue weighted by Gasteiger charge is -2.19. The molecule has 0 unspecified atom stereocenters. The van der Waals surface area contributed by atoms with E-state index in [1.165, 1.54) is 30.2 Å². The molecule has 26 heavy (non-hydrogen) atoms. The first-order valence-electron chi connectivity index (χ1n) is 7.94. The number of carbonyl (C=O) groups is 2. The maximum atomic E-state index is 13.6. The van der Waals surface area contributed by atoms with Gasteiger partial charge in [0.05, 0.1) is 26.3 Å². The molecule has 0 aliphatic rings. The summed E-state index contributed by atoms with van der Waals surface area (Å²) in [5.41, 5.74) is 0.698. The van der Waals surface area contributed by atoms with E-state index < -0.39 is 11.7 Å². The summed E-state index contributed by atoms with van der Waals surface area (Å²) in [6.07, 6.45) is 0. The number of carbonyl (C=O) groups excluding carboxylic acids is 2. The molecular formula is C19H21FN2O4. The lowest BCUT2D eigenvalue weighted by molar-refractivity contribution is -0.129.